The van der Waals surface area contributed by atoms with Crippen LogP contribution in [0.5, 0.6) is 0 Å². The normalized spacial score (nSPS) is 26.1. The van der Waals surface area contributed by atoms with Crippen molar-refractivity contribution in [2.24, 2.45) is 23.5 Å². The molecule has 1 saturated carbocycles. The molecule has 0 heterocycles. The minimum absolute atomic E-state index is 0.0923. The number of hydrogen-bond donors (Lipinski definition) is 3. The third-order valence-electron chi connectivity index (χ3n) is 4.12. The molecule has 4 N–H and O–H groups in total. The second kappa shape index (κ2) is 7.74. The van der Waals surface area contributed by atoms with Crippen LogP contribution < -0.4 is 11.1 Å². The molecule has 0 aromatic carbocycles. The SMILES string of the molecule is CC(C)C(CCO)NC(=O)C1CCC(CN)CC1. The van der Waals surface area contributed by atoms with E-state index in [-0.39, 0.29) is 24.5 Å². The number of aliphatic hydroxyl groups is 1. The molecule has 18 heavy (non-hydrogen) atoms. The number of hydrogen-bond acceptors (Lipinski definition) is 3. The summed E-state index contributed by atoms with van der Waals surface area (Å²) >= 11 is 0. The lowest BCUT2D eigenvalue weighted by molar-refractivity contribution is -0.127. The summed E-state index contributed by atoms with van der Waals surface area (Å²) < 4.78 is 0. The summed E-state index contributed by atoms with van der Waals surface area (Å²) in [5.74, 6) is 1.28. The first-order valence-electron chi connectivity index (χ1n) is 7.19. The number of amides is 1. The van der Waals surface area contributed by atoms with Crippen LogP contribution in [0.1, 0.15) is 46.0 Å². The molecule has 0 spiro atoms. The Morgan fingerprint density at radius 1 is 1.33 bits per heavy atom. The van der Waals surface area contributed by atoms with Gasteiger partial charge in [-0.05, 0) is 50.5 Å². The van der Waals surface area contributed by atoms with Crippen LogP contribution in [0, 0.1) is 17.8 Å². The Hall–Kier alpha value is -0.610. The van der Waals surface area contributed by atoms with Gasteiger partial charge in [0.2, 0.25) is 5.91 Å². The smallest absolute Gasteiger partial charge is 0.223 e. The number of aliphatic hydroxyl groups excluding tert-OH is 1. The molecule has 1 aliphatic carbocycles. The second-order valence-electron chi connectivity index (χ2n) is 5.82. The number of nitrogens with one attached hydrogen (secondary N) is 1. The Morgan fingerprint density at radius 3 is 2.39 bits per heavy atom. The van der Waals surface area contributed by atoms with Gasteiger partial charge >= 0.3 is 0 Å². The van der Waals surface area contributed by atoms with E-state index < -0.39 is 0 Å². The quantitative estimate of drug-likeness (QED) is 0.670. The topological polar surface area (TPSA) is 75.3 Å². The zero-order chi connectivity index (χ0) is 13.5. The van der Waals surface area contributed by atoms with Crippen molar-refractivity contribution >= 4 is 5.91 Å². The molecule has 1 fully saturated rings. The van der Waals surface area contributed by atoms with E-state index in [4.69, 9.17) is 10.8 Å². The first-order valence-corrected chi connectivity index (χ1v) is 7.19. The van der Waals surface area contributed by atoms with Gasteiger partial charge in [0.05, 0.1) is 0 Å². The van der Waals surface area contributed by atoms with Crippen molar-refractivity contribution in [1.82, 2.24) is 5.32 Å². The molecule has 4 nitrogen and oxygen atoms in total. The van der Waals surface area contributed by atoms with E-state index in [0.29, 0.717) is 18.3 Å². The van der Waals surface area contributed by atoms with E-state index in [0.717, 1.165) is 32.2 Å². The monoisotopic (exact) mass is 256 g/mol. The average Bonchev–Trinajstić information content (AvgIpc) is 2.38. The maximum Gasteiger partial charge on any atom is 0.223 e. The third-order valence-corrected chi connectivity index (χ3v) is 4.12. The molecule has 4 heteroatoms. The van der Waals surface area contributed by atoms with Crippen molar-refractivity contribution in [3.05, 3.63) is 0 Å². The Labute approximate surface area is 110 Å². The summed E-state index contributed by atoms with van der Waals surface area (Å²) in [6.07, 6.45) is 4.69. The van der Waals surface area contributed by atoms with Gasteiger partial charge < -0.3 is 16.2 Å². The van der Waals surface area contributed by atoms with Gasteiger partial charge in [0.25, 0.3) is 0 Å². The third kappa shape index (κ3) is 4.58. The first kappa shape index (κ1) is 15.4. The number of carbonyl (C=O) groups excluding carboxylic acids is 1. The molecule has 1 rings (SSSR count). The zero-order valence-corrected chi connectivity index (χ0v) is 11.7. The highest BCUT2D eigenvalue weighted by Crippen LogP contribution is 2.28. The zero-order valence-electron chi connectivity index (χ0n) is 11.7. The summed E-state index contributed by atoms with van der Waals surface area (Å²) in [7, 11) is 0. The van der Waals surface area contributed by atoms with Crippen LogP contribution in [-0.2, 0) is 4.79 Å². The van der Waals surface area contributed by atoms with Gasteiger partial charge in [-0.3, -0.25) is 4.79 Å². The minimum atomic E-state index is 0.0923. The van der Waals surface area contributed by atoms with Crippen LogP contribution in [-0.4, -0.2) is 30.2 Å². The van der Waals surface area contributed by atoms with E-state index in [1.54, 1.807) is 0 Å². The van der Waals surface area contributed by atoms with Crippen LogP contribution in [0.3, 0.4) is 0 Å². The maximum atomic E-state index is 12.2. The standard InChI is InChI=1S/C14H28N2O2/c1-10(2)13(7-8-17)16-14(18)12-5-3-11(9-15)4-6-12/h10-13,17H,3-9,15H2,1-2H3,(H,16,18). The van der Waals surface area contributed by atoms with E-state index in [1.165, 1.54) is 0 Å². The molecule has 0 radical (unpaired) electrons. The predicted octanol–water partition coefficient (Wildman–Crippen LogP) is 1.27. The first-order chi connectivity index (χ1) is 8.58. The minimum Gasteiger partial charge on any atom is -0.396 e. The summed E-state index contributed by atoms with van der Waals surface area (Å²) in [6.45, 7) is 5.02. The van der Waals surface area contributed by atoms with Gasteiger partial charge in [-0.25, -0.2) is 0 Å². The molecule has 0 bridgehead atoms. The molecule has 1 atom stereocenters. The van der Waals surface area contributed by atoms with Crippen LogP contribution in [0.2, 0.25) is 0 Å². The number of rotatable bonds is 6. The molecule has 0 aromatic rings. The van der Waals surface area contributed by atoms with Crippen LogP contribution in [0.15, 0.2) is 0 Å². The highest BCUT2D eigenvalue weighted by Gasteiger charge is 2.27. The Balaban J connectivity index is 2.40. The summed E-state index contributed by atoms with van der Waals surface area (Å²) in [5, 5.41) is 12.1. The molecular formula is C14H28N2O2. The van der Waals surface area contributed by atoms with Crippen molar-refractivity contribution in [2.45, 2.75) is 52.0 Å². The van der Waals surface area contributed by atoms with E-state index in [1.807, 2.05) is 0 Å². The molecule has 1 unspecified atom stereocenters. The summed E-state index contributed by atoms with van der Waals surface area (Å²) in [6, 6.07) is 0.0923. The molecule has 0 aliphatic heterocycles. The molecular weight excluding hydrogens is 228 g/mol. The number of carbonyl (C=O) groups is 1. The van der Waals surface area contributed by atoms with Crippen molar-refractivity contribution in [3.8, 4) is 0 Å². The van der Waals surface area contributed by atoms with Crippen molar-refractivity contribution in [2.75, 3.05) is 13.2 Å². The highest BCUT2D eigenvalue weighted by molar-refractivity contribution is 5.79. The van der Waals surface area contributed by atoms with E-state index >= 15 is 0 Å². The van der Waals surface area contributed by atoms with Crippen molar-refractivity contribution in [1.29, 1.82) is 0 Å². The molecule has 0 aromatic heterocycles. The Bertz CT molecular complexity index is 248. The van der Waals surface area contributed by atoms with E-state index in [2.05, 4.69) is 19.2 Å². The fourth-order valence-electron chi connectivity index (χ4n) is 2.67. The maximum absolute atomic E-state index is 12.2. The molecule has 1 aliphatic rings. The lowest BCUT2D eigenvalue weighted by atomic mass is 9.81. The molecule has 0 saturated heterocycles. The fourth-order valence-corrected chi connectivity index (χ4v) is 2.67. The van der Waals surface area contributed by atoms with Gasteiger partial charge in [-0.15, -0.1) is 0 Å². The van der Waals surface area contributed by atoms with E-state index in [9.17, 15) is 4.79 Å². The van der Waals surface area contributed by atoms with Gasteiger partial charge in [-0.2, -0.15) is 0 Å². The van der Waals surface area contributed by atoms with Crippen LogP contribution >= 0.6 is 0 Å². The van der Waals surface area contributed by atoms with Crippen molar-refractivity contribution in [3.63, 3.8) is 0 Å². The number of nitrogens with two attached hydrogens (primary N) is 1. The average molecular weight is 256 g/mol. The largest absolute Gasteiger partial charge is 0.396 e. The van der Waals surface area contributed by atoms with Gasteiger partial charge in [0.15, 0.2) is 0 Å². The lowest BCUT2D eigenvalue weighted by Crippen LogP contribution is -2.43. The van der Waals surface area contributed by atoms with Crippen molar-refractivity contribution < 1.29 is 9.90 Å². The lowest BCUT2D eigenvalue weighted by Gasteiger charge is -2.29. The molecule has 1 amide bonds. The highest BCUT2D eigenvalue weighted by atomic mass is 16.3. The Kier molecular flexibility index (Phi) is 6.65. The van der Waals surface area contributed by atoms with Crippen LogP contribution in [0.25, 0.3) is 0 Å². The fraction of sp³-hybridized carbons (Fsp3) is 0.929. The summed E-state index contributed by atoms with van der Waals surface area (Å²) in [4.78, 5) is 12.2. The van der Waals surface area contributed by atoms with Gasteiger partial charge in [0, 0.05) is 18.6 Å². The predicted molar refractivity (Wildman–Crippen MR) is 73.0 cm³/mol. The summed E-state index contributed by atoms with van der Waals surface area (Å²) in [5.41, 5.74) is 5.66. The Morgan fingerprint density at radius 2 is 1.94 bits per heavy atom. The van der Waals surface area contributed by atoms with Gasteiger partial charge in [-0.1, -0.05) is 13.8 Å². The van der Waals surface area contributed by atoms with Gasteiger partial charge in [0.1, 0.15) is 0 Å². The second-order valence-corrected chi connectivity index (χ2v) is 5.82. The van der Waals surface area contributed by atoms with Crippen LogP contribution in [0.4, 0.5) is 0 Å². The molecule has 106 valence electrons.